The quantitative estimate of drug-likeness (QED) is 0.373. The van der Waals surface area contributed by atoms with Crippen LogP contribution in [0.4, 0.5) is 5.69 Å². The van der Waals surface area contributed by atoms with Crippen molar-refractivity contribution in [2.75, 3.05) is 12.3 Å². The summed E-state index contributed by atoms with van der Waals surface area (Å²) in [4.78, 5) is 24.6. The Morgan fingerprint density at radius 2 is 2.06 bits per heavy atom. The number of nitrogens with zero attached hydrogens (tertiary/aromatic N) is 1. The third-order valence-electron chi connectivity index (χ3n) is 2.79. The number of H-pyrrole nitrogens is 1. The van der Waals surface area contributed by atoms with Crippen molar-refractivity contribution < 1.29 is 20.1 Å². The average molecular weight is 259 g/mol. The van der Waals surface area contributed by atoms with Crippen LogP contribution in [0.5, 0.6) is 0 Å². The maximum Gasteiger partial charge on any atom is 0.330 e. The molecule has 1 saturated heterocycles. The number of nitrogens with two attached hydrogens (primary N) is 1. The van der Waals surface area contributed by atoms with Crippen LogP contribution in [0.2, 0.25) is 0 Å². The van der Waals surface area contributed by atoms with Gasteiger partial charge in [0.1, 0.15) is 24.0 Å². The molecule has 0 bridgehead atoms. The lowest BCUT2D eigenvalue weighted by atomic mass is 10.1. The zero-order chi connectivity index (χ0) is 13.4. The molecular formula is C9H13N3O6. The number of aromatic amines is 1. The Bertz CT molecular complexity index is 552. The third-order valence-corrected chi connectivity index (χ3v) is 2.79. The molecule has 2 unspecified atom stereocenters. The summed E-state index contributed by atoms with van der Waals surface area (Å²) in [7, 11) is 0. The van der Waals surface area contributed by atoms with Gasteiger partial charge in [0.05, 0.1) is 6.61 Å². The zero-order valence-corrected chi connectivity index (χ0v) is 9.18. The van der Waals surface area contributed by atoms with Gasteiger partial charge in [-0.1, -0.05) is 0 Å². The van der Waals surface area contributed by atoms with E-state index in [2.05, 4.69) is 0 Å². The Kier molecular flexibility index (Phi) is 3.22. The summed E-state index contributed by atoms with van der Waals surface area (Å²) in [6.45, 7) is -0.512. The lowest BCUT2D eigenvalue weighted by Gasteiger charge is -2.17. The predicted octanol–water partition coefficient (Wildman–Crippen LogP) is -3.27. The number of rotatable bonds is 2. The SMILES string of the molecule is Nc1cn([C@H]2O[C@@H](CO)C(O)C2O)c(=O)[nH]c1=O. The number of nitrogen functional groups attached to an aromatic ring is 1. The monoisotopic (exact) mass is 259 g/mol. The highest BCUT2D eigenvalue weighted by atomic mass is 16.6. The van der Waals surface area contributed by atoms with Crippen molar-refractivity contribution in [2.24, 2.45) is 0 Å². The van der Waals surface area contributed by atoms with Gasteiger partial charge in [-0.05, 0) is 0 Å². The first kappa shape index (κ1) is 12.8. The minimum Gasteiger partial charge on any atom is -0.394 e. The van der Waals surface area contributed by atoms with E-state index in [1.807, 2.05) is 4.98 Å². The maximum absolute atomic E-state index is 11.5. The molecule has 6 N–H and O–H groups in total. The van der Waals surface area contributed by atoms with Crippen molar-refractivity contribution in [3.8, 4) is 0 Å². The highest BCUT2D eigenvalue weighted by molar-refractivity contribution is 5.30. The van der Waals surface area contributed by atoms with E-state index in [1.165, 1.54) is 0 Å². The van der Waals surface area contributed by atoms with Gasteiger partial charge in [0.15, 0.2) is 6.23 Å². The van der Waals surface area contributed by atoms with Gasteiger partial charge in [-0.3, -0.25) is 14.3 Å². The summed E-state index contributed by atoms with van der Waals surface area (Å²) in [5, 5.41) is 28.2. The molecule has 0 radical (unpaired) electrons. The second kappa shape index (κ2) is 4.53. The number of hydrogen-bond acceptors (Lipinski definition) is 7. The van der Waals surface area contributed by atoms with E-state index in [-0.39, 0.29) is 5.69 Å². The number of aromatic nitrogens is 2. The number of anilines is 1. The van der Waals surface area contributed by atoms with E-state index in [1.54, 1.807) is 0 Å². The fourth-order valence-electron chi connectivity index (χ4n) is 1.80. The largest absolute Gasteiger partial charge is 0.394 e. The lowest BCUT2D eigenvalue weighted by molar-refractivity contribution is -0.0549. The Hall–Kier alpha value is -1.68. The smallest absolute Gasteiger partial charge is 0.330 e. The molecule has 9 heteroatoms. The van der Waals surface area contributed by atoms with Crippen molar-refractivity contribution in [1.29, 1.82) is 0 Å². The Labute approximate surface area is 100 Å². The van der Waals surface area contributed by atoms with Gasteiger partial charge in [0.25, 0.3) is 5.56 Å². The molecule has 0 spiro atoms. The van der Waals surface area contributed by atoms with Gasteiger partial charge in [0.2, 0.25) is 0 Å². The van der Waals surface area contributed by atoms with Crippen LogP contribution >= 0.6 is 0 Å². The molecule has 1 aliphatic rings. The van der Waals surface area contributed by atoms with Gasteiger partial charge in [0, 0.05) is 6.20 Å². The summed E-state index contributed by atoms with van der Waals surface area (Å²) >= 11 is 0. The van der Waals surface area contributed by atoms with E-state index in [4.69, 9.17) is 15.6 Å². The van der Waals surface area contributed by atoms with E-state index < -0.39 is 42.4 Å². The first-order valence-corrected chi connectivity index (χ1v) is 5.19. The molecule has 1 fully saturated rings. The summed E-state index contributed by atoms with van der Waals surface area (Å²) in [5.74, 6) is 0. The predicted molar refractivity (Wildman–Crippen MR) is 58.7 cm³/mol. The molecule has 0 amide bonds. The van der Waals surface area contributed by atoms with Crippen LogP contribution in [0.1, 0.15) is 6.23 Å². The fourth-order valence-corrected chi connectivity index (χ4v) is 1.80. The standard InChI is InChI=1S/C9H13N3O6/c10-3-1-12(9(17)11-7(3)16)8-6(15)5(14)4(2-13)18-8/h1,4-6,8,13-15H,2,10H2,(H,11,16,17)/t4-,5?,6?,8-/m0/s1. The minimum atomic E-state index is -1.41. The number of aliphatic hydroxyl groups is 3. The highest BCUT2D eigenvalue weighted by Gasteiger charge is 2.43. The number of nitrogens with one attached hydrogen (secondary N) is 1. The van der Waals surface area contributed by atoms with Gasteiger partial charge in [-0.15, -0.1) is 0 Å². The molecule has 9 nitrogen and oxygen atoms in total. The average Bonchev–Trinajstić information content (AvgIpc) is 2.61. The summed E-state index contributed by atoms with van der Waals surface area (Å²) < 4.78 is 5.99. The lowest BCUT2D eigenvalue weighted by Crippen LogP contribution is -2.38. The van der Waals surface area contributed by atoms with Crippen molar-refractivity contribution in [3.63, 3.8) is 0 Å². The van der Waals surface area contributed by atoms with Crippen molar-refractivity contribution >= 4 is 5.69 Å². The van der Waals surface area contributed by atoms with Crippen LogP contribution in [-0.4, -0.2) is 49.8 Å². The topological polar surface area (TPSA) is 151 Å². The molecule has 2 rings (SSSR count). The Balaban J connectivity index is 2.42. The molecule has 0 aromatic carbocycles. The van der Waals surface area contributed by atoms with Crippen molar-refractivity contribution in [1.82, 2.24) is 9.55 Å². The van der Waals surface area contributed by atoms with Gasteiger partial charge in [-0.25, -0.2) is 4.79 Å². The molecule has 1 aliphatic heterocycles. The Morgan fingerprint density at radius 3 is 2.61 bits per heavy atom. The summed E-state index contributed by atoms with van der Waals surface area (Å²) in [6.07, 6.45) is -3.96. The second-order valence-corrected chi connectivity index (χ2v) is 3.98. The fraction of sp³-hybridized carbons (Fsp3) is 0.556. The summed E-state index contributed by atoms with van der Waals surface area (Å²) in [6, 6.07) is 0. The molecular weight excluding hydrogens is 246 g/mol. The molecule has 0 saturated carbocycles. The third kappa shape index (κ3) is 1.93. The molecule has 4 atom stereocenters. The van der Waals surface area contributed by atoms with Crippen LogP contribution in [0.25, 0.3) is 0 Å². The van der Waals surface area contributed by atoms with E-state index in [0.29, 0.717) is 0 Å². The number of hydrogen-bond donors (Lipinski definition) is 5. The van der Waals surface area contributed by atoms with Crippen molar-refractivity contribution in [2.45, 2.75) is 24.5 Å². The molecule has 1 aromatic heterocycles. The van der Waals surface area contributed by atoms with Crippen LogP contribution in [0, 0.1) is 0 Å². The van der Waals surface area contributed by atoms with Crippen LogP contribution in [0.3, 0.4) is 0 Å². The molecule has 100 valence electrons. The van der Waals surface area contributed by atoms with Gasteiger partial charge >= 0.3 is 5.69 Å². The molecule has 18 heavy (non-hydrogen) atoms. The number of ether oxygens (including phenoxy) is 1. The molecule has 1 aromatic rings. The number of aliphatic hydroxyl groups excluding tert-OH is 3. The van der Waals surface area contributed by atoms with Crippen LogP contribution in [0.15, 0.2) is 15.8 Å². The van der Waals surface area contributed by atoms with Gasteiger partial charge < -0.3 is 25.8 Å². The zero-order valence-electron chi connectivity index (χ0n) is 9.18. The first-order chi connectivity index (χ1) is 8.45. The molecule has 2 heterocycles. The minimum absolute atomic E-state index is 0.229. The normalized spacial score (nSPS) is 31.7. The van der Waals surface area contributed by atoms with Crippen LogP contribution < -0.4 is 17.0 Å². The van der Waals surface area contributed by atoms with Crippen molar-refractivity contribution in [3.05, 3.63) is 27.0 Å². The summed E-state index contributed by atoms with van der Waals surface area (Å²) in [5.41, 5.74) is 3.55. The van der Waals surface area contributed by atoms with E-state index in [9.17, 15) is 19.8 Å². The second-order valence-electron chi connectivity index (χ2n) is 3.98. The Morgan fingerprint density at radius 1 is 1.39 bits per heavy atom. The van der Waals surface area contributed by atoms with Gasteiger partial charge in [-0.2, -0.15) is 0 Å². The van der Waals surface area contributed by atoms with E-state index >= 15 is 0 Å². The highest BCUT2D eigenvalue weighted by Crippen LogP contribution is 2.27. The van der Waals surface area contributed by atoms with Crippen LogP contribution in [-0.2, 0) is 4.74 Å². The maximum atomic E-state index is 11.5. The van der Waals surface area contributed by atoms with E-state index in [0.717, 1.165) is 10.8 Å². The first-order valence-electron chi connectivity index (χ1n) is 5.19. The molecule has 0 aliphatic carbocycles.